The number of carboxylic acids is 1. The summed E-state index contributed by atoms with van der Waals surface area (Å²) in [7, 11) is 0. The zero-order valence-corrected chi connectivity index (χ0v) is 10.8. The minimum absolute atomic E-state index is 0.0462. The molecule has 4 heterocycles. The molecule has 104 valence electrons. The summed E-state index contributed by atoms with van der Waals surface area (Å²) in [6.07, 6.45) is 4.92. The number of nitrogens with one attached hydrogen (secondary N) is 1. The van der Waals surface area contributed by atoms with Gasteiger partial charge in [-0.15, -0.1) is 0 Å². The quantitative estimate of drug-likeness (QED) is 0.833. The van der Waals surface area contributed by atoms with Crippen LogP contribution in [0.1, 0.15) is 35.8 Å². The van der Waals surface area contributed by atoms with Crippen molar-refractivity contribution in [2.75, 3.05) is 6.61 Å². The number of hydrogen-bond acceptors (Lipinski definition) is 4. The summed E-state index contributed by atoms with van der Waals surface area (Å²) in [6, 6.07) is 0. The number of fused-ring (bicyclic) bond motifs is 2. The van der Waals surface area contributed by atoms with Gasteiger partial charge < -0.3 is 9.84 Å². The predicted molar refractivity (Wildman–Crippen MR) is 68.0 cm³/mol. The largest absolute Gasteiger partial charge is 0.477 e. The van der Waals surface area contributed by atoms with Gasteiger partial charge in [-0.05, 0) is 19.8 Å². The maximum absolute atomic E-state index is 11.6. The zero-order chi connectivity index (χ0) is 14.1. The fourth-order valence-electron chi connectivity index (χ4n) is 3.51. The molecule has 0 radical (unpaired) electrons. The van der Waals surface area contributed by atoms with E-state index in [9.17, 15) is 9.59 Å². The summed E-state index contributed by atoms with van der Waals surface area (Å²) < 4.78 is 7.30. The van der Waals surface area contributed by atoms with Crippen molar-refractivity contribution in [3.63, 3.8) is 0 Å². The summed E-state index contributed by atoms with van der Waals surface area (Å²) in [5.74, 6) is -0.883. The van der Waals surface area contributed by atoms with E-state index in [1.165, 1.54) is 6.20 Å². The first-order valence-electron chi connectivity index (χ1n) is 6.41. The molecule has 3 fully saturated rings. The minimum Gasteiger partial charge on any atom is -0.477 e. The van der Waals surface area contributed by atoms with Crippen molar-refractivity contribution < 1.29 is 14.6 Å². The van der Waals surface area contributed by atoms with Crippen LogP contribution in [0.3, 0.4) is 0 Å². The summed E-state index contributed by atoms with van der Waals surface area (Å²) in [5, 5.41) is 8.96. The van der Waals surface area contributed by atoms with Crippen LogP contribution < -0.4 is 5.56 Å². The smallest absolute Gasteiger partial charge is 0.342 e. The minimum atomic E-state index is -1.25. The van der Waals surface area contributed by atoms with Crippen LogP contribution in [0.2, 0.25) is 0 Å². The number of carboxylic acid groups (broad SMARTS) is 1. The second kappa shape index (κ2) is 3.29. The molecule has 0 spiro atoms. The van der Waals surface area contributed by atoms with Gasteiger partial charge in [0, 0.05) is 17.8 Å². The molecule has 2 aliphatic heterocycles. The lowest BCUT2D eigenvalue weighted by molar-refractivity contribution is 0.0154. The highest BCUT2D eigenvalue weighted by Crippen LogP contribution is 2.58. The van der Waals surface area contributed by atoms with Crippen LogP contribution in [-0.4, -0.2) is 37.7 Å². The molecule has 7 heteroatoms. The van der Waals surface area contributed by atoms with Crippen molar-refractivity contribution in [3.8, 4) is 0 Å². The Morgan fingerprint density at radius 2 is 2.25 bits per heavy atom. The first-order valence-corrected chi connectivity index (χ1v) is 6.41. The van der Waals surface area contributed by atoms with Gasteiger partial charge in [0.25, 0.3) is 5.56 Å². The molecule has 0 amide bonds. The average Bonchev–Trinajstić information content (AvgIpc) is 2.97. The Kier molecular flexibility index (Phi) is 1.92. The fourth-order valence-corrected chi connectivity index (χ4v) is 3.51. The van der Waals surface area contributed by atoms with Crippen LogP contribution in [0.15, 0.2) is 17.2 Å². The van der Waals surface area contributed by atoms with Crippen molar-refractivity contribution in [3.05, 3.63) is 34.0 Å². The Hall–Kier alpha value is -2.15. The molecule has 2 bridgehead atoms. The highest BCUT2D eigenvalue weighted by atomic mass is 16.5. The summed E-state index contributed by atoms with van der Waals surface area (Å²) in [4.78, 5) is 29.5. The molecule has 2 N–H and O–H groups in total. The van der Waals surface area contributed by atoms with Crippen LogP contribution in [0, 0.1) is 0 Å². The van der Waals surface area contributed by atoms with E-state index < -0.39 is 11.5 Å². The normalized spacial score (nSPS) is 31.4. The molecule has 2 saturated heterocycles. The van der Waals surface area contributed by atoms with Crippen molar-refractivity contribution in [1.82, 2.24) is 14.4 Å². The summed E-state index contributed by atoms with van der Waals surface area (Å²) >= 11 is 0. The number of carbonyl (C=O) groups is 1. The monoisotopic (exact) mass is 275 g/mol. The maximum Gasteiger partial charge on any atom is 0.342 e. The van der Waals surface area contributed by atoms with Gasteiger partial charge in [0.2, 0.25) is 5.78 Å². The second-order valence-corrected chi connectivity index (χ2v) is 6.03. The van der Waals surface area contributed by atoms with E-state index in [-0.39, 0.29) is 16.6 Å². The van der Waals surface area contributed by atoms with Crippen LogP contribution in [0.5, 0.6) is 0 Å². The Morgan fingerprint density at radius 3 is 2.85 bits per heavy atom. The van der Waals surface area contributed by atoms with Gasteiger partial charge in [-0.1, -0.05) is 0 Å². The van der Waals surface area contributed by atoms with E-state index in [2.05, 4.69) is 16.9 Å². The molecule has 5 rings (SSSR count). The first-order chi connectivity index (χ1) is 9.41. The van der Waals surface area contributed by atoms with Crippen LogP contribution in [0.25, 0.3) is 5.78 Å². The van der Waals surface area contributed by atoms with Crippen LogP contribution in [0.4, 0.5) is 0 Å². The molecule has 1 saturated carbocycles. The van der Waals surface area contributed by atoms with E-state index in [0.29, 0.717) is 12.4 Å². The maximum atomic E-state index is 11.6. The number of hydrogen-bond donors (Lipinski definition) is 2. The van der Waals surface area contributed by atoms with E-state index in [1.807, 2.05) is 0 Å². The fraction of sp³-hybridized carbons (Fsp3) is 0.462. The number of rotatable bonds is 2. The number of H-pyrrole nitrogens is 1. The van der Waals surface area contributed by atoms with Gasteiger partial charge in [-0.2, -0.15) is 0 Å². The molecule has 2 aromatic heterocycles. The summed E-state index contributed by atoms with van der Waals surface area (Å²) in [5.41, 5.74) is -0.206. The van der Waals surface area contributed by atoms with Crippen molar-refractivity contribution in [2.45, 2.75) is 30.8 Å². The van der Waals surface area contributed by atoms with Crippen molar-refractivity contribution in [2.24, 2.45) is 0 Å². The average molecular weight is 275 g/mol. The molecule has 7 nitrogen and oxygen atoms in total. The topological polar surface area (TPSA) is 96.7 Å². The number of aromatic nitrogens is 3. The van der Waals surface area contributed by atoms with Gasteiger partial charge >= 0.3 is 5.97 Å². The Labute approximate surface area is 113 Å². The lowest BCUT2D eigenvalue weighted by Crippen LogP contribution is -2.45. The van der Waals surface area contributed by atoms with E-state index in [1.54, 1.807) is 10.6 Å². The third-order valence-corrected chi connectivity index (χ3v) is 4.37. The molecule has 0 unspecified atom stereocenters. The predicted octanol–water partition coefficient (Wildman–Crippen LogP) is 0.541. The third-order valence-electron chi connectivity index (χ3n) is 4.37. The van der Waals surface area contributed by atoms with E-state index in [0.717, 1.165) is 18.5 Å². The highest BCUT2D eigenvalue weighted by Gasteiger charge is 2.61. The molecule has 2 aromatic rings. The second-order valence-electron chi connectivity index (χ2n) is 6.03. The first kappa shape index (κ1) is 11.7. The van der Waals surface area contributed by atoms with E-state index >= 15 is 0 Å². The van der Waals surface area contributed by atoms with Gasteiger partial charge in [0.1, 0.15) is 5.56 Å². The zero-order valence-electron chi connectivity index (χ0n) is 10.8. The molecule has 3 aliphatic rings. The molecule has 20 heavy (non-hydrogen) atoms. The molecule has 0 atom stereocenters. The number of imidazole rings is 1. The van der Waals surface area contributed by atoms with Crippen molar-refractivity contribution >= 4 is 11.7 Å². The lowest BCUT2D eigenvalue weighted by atomic mass is 9.62. The SMILES string of the molecule is CC12CC(c3cn4cc(C(=O)O)c(=O)[nH]c4n3)(CO1)C2. The lowest BCUT2D eigenvalue weighted by Gasteiger charge is -2.41. The Balaban J connectivity index is 1.84. The molecule has 0 aromatic carbocycles. The molecule has 1 aliphatic carbocycles. The molecular formula is C13H13N3O4. The molecular weight excluding hydrogens is 262 g/mol. The number of nitrogens with zero attached hydrogens (tertiary/aromatic N) is 2. The van der Waals surface area contributed by atoms with Gasteiger partial charge in [-0.3, -0.25) is 14.2 Å². The number of aromatic amines is 1. The van der Waals surface area contributed by atoms with Crippen LogP contribution >= 0.6 is 0 Å². The van der Waals surface area contributed by atoms with Gasteiger partial charge in [0.15, 0.2) is 0 Å². The van der Waals surface area contributed by atoms with Gasteiger partial charge in [-0.25, -0.2) is 9.78 Å². The van der Waals surface area contributed by atoms with Crippen LogP contribution in [-0.2, 0) is 10.2 Å². The standard InChI is InChI=1S/C13H13N3O4/c1-12-4-13(5-12,6-20-12)8-3-16-2-7(10(18)19)9(17)15-11(16)14-8/h2-3H,4-6H2,1H3,(H,18,19)(H,14,15,17). The van der Waals surface area contributed by atoms with Crippen molar-refractivity contribution in [1.29, 1.82) is 0 Å². The Bertz CT molecular complexity index is 798. The Morgan fingerprint density at radius 1 is 1.50 bits per heavy atom. The van der Waals surface area contributed by atoms with Gasteiger partial charge in [0.05, 0.1) is 17.9 Å². The third kappa shape index (κ3) is 1.35. The highest BCUT2D eigenvalue weighted by molar-refractivity contribution is 5.86. The van der Waals surface area contributed by atoms with E-state index in [4.69, 9.17) is 9.84 Å². The number of ether oxygens (including phenoxy) is 1. The number of aromatic carboxylic acids is 1. The summed E-state index contributed by atoms with van der Waals surface area (Å²) in [6.45, 7) is 2.71.